The second kappa shape index (κ2) is 7.73. The van der Waals surface area contributed by atoms with Crippen molar-refractivity contribution in [2.75, 3.05) is 5.73 Å². The van der Waals surface area contributed by atoms with Crippen LogP contribution in [0.4, 0.5) is 5.69 Å². The average Bonchev–Trinajstić information content (AvgIpc) is 2.72. The van der Waals surface area contributed by atoms with Gasteiger partial charge in [-0.15, -0.1) is 0 Å². The second-order valence-electron chi connectivity index (χ2n) is 7.04. The van der Waals surface area contributed by atoms with E-state index >= 15 is 0 Å². The van der Waals surface area contributed by atoms with E-state index in [2.05, 4.69) is 22.0 Å². The summed E-state index contributed by atoms with van der Waals surface area (Å²) in [6, 6.07) is 17.3. The molecule has 0 radical (unpaired) electrons. The van der Waals surface area contributed by atoms with Gasteiger partial charge in [-0.05, 0) is 55.2 Å². The number of aryl methyl sites for hydroxylation is 2. The van der Waals surface area contributed by atoms with Gasteiger partial charge in [0.2, 0.25) is 5.43 Å². The Morgan fingerprint density at radius 1 is 1.14 bits per heavy atom. The summed E-state index contributed by atoms with van der Waals surface area (Å²) in [7, 11) is 0. The monoisotopic (exact) mass is 446 g/mol. The van der Waals surface area contributed by atoms with Crippen molar-refractivity contribution >= 4 is 43.6 Å². The highest BCUT2D eigenvalue weighted by Crippen LogP contribution is 2.39. The fraction of sp³-hybridized carbons (Fsp3) is 0.167. The fourth-order valence-electron chi connectivity index (χ4n) is 3.88. The first kappa shape index (κ1) is 19.2. The molecule has 0 bridgehead atoms. The third-order valence-electron chi connectivity index (χ3n) is 5.26. The van der Waals surface area contributed by atoms with Crippen molar-refractivity contribution in [1.29, 1.82) is 5.26 Å². The topological polar surface area (TPSA) is 80.0 Å². The van der Waals surface area contributed by atoms with E-state index in [1.807, 2.05) is 43.3 Å². The van der Waals surface area contributed by atoms with E-state index in [0.717, 1.165) is 26.7 Å². The van der Waals surface area contributed by atoms with Gasteiger partial charge in [0.25, 0.3) is 0 Å². The van der Waals surface area contributed by atoms with E-state index in [1.165, 1.54) is 0 Å². The number of nitrogens with zero attached hydrogens (tertiary/aromatic N) is 1. The molecule has 0 saturated heterocycles. The molecular formula is C24H19BrN2O2. The Labute approximate surface area is 176 Å². The number of nitrogen functional groups attached to an aromatic ring is 1. The van der Waals surface area contributed by atoms with Crippen LogP contribution in [0.3, 0.4) is 0 Å². The van der Waals surface area contributed by atoms with Gasteiger partial charge in [-0.3, -0.25) is 4.79 Å². The first-order valence-corrected chi connectivity index (χ1v) is 10.2. The van der Waals surface area contributed by atoms with Crippen LogP contribution in [0, 0.1) is 18.3 Å². The van der Waals surface area contributed by atoms with Crippen LogP contribution >= 0.6 is 15.9 Å². The Balaban J connectivity index is 2.12. The number of nitriles is 1. The van der Waals surface area contributed by atoms with Gasteiger partial charge < -0.3 is 10.2 Å². The standard InChI is InChI=1S/C24H19BrN2O2/c1-14-20(15-9-11-16(25)12-10-15)22(27)18(7-4-5-13-26)24-21(14)23(28)17-6-2-3-8-19(17)29-24/h2-3,6,8-12H,4-5,7,27H2,1H3. The molecule has 2 N–H and O–H groups in total. The molecule has 0 atom stereocenters. The summed E-state index contributed by atoms with van der Waals surface area (Å²) in [6.45, 7) is 1.92. The zero-order chi connectivity index (χ0) is 20.5. The van der Waals surface area contributed by atoms with Gasteiger partial charge in [0.1, 0.15) is 11.2 Å². The zero-order valence-electron chi connectivity index (χ0n) is 16.0. The summed E-state index contributed by atoms with van der Waals surface area (Å²) in [5, 5.41) is 10.1. The lowest BCUT2D eigenvalue weighted by Gasteiger charge is -2.18. The molecule has 4 nitrogen and oxygen atoms in total. The van der Waals surface area contributed by atoms with Crippen LogP contribution in [0.5, 0.6) is 0 Å². The van der Waals surface area contributed by atoms with Crippen LogP contribution in [-0.4, -0.2) is 0 Å². The van der Waals surface area contributed by atoms with Gasteiger partial charge in [0, 0.05) is 27.7 Å². The molecule has 1 aromatic heterocycles. The largest absolute Gasteiger partial charge is 0.455 e. The van der Waals surface area contributed by atoms with Gasteiger partial charge in [0.05, 0.1) is 16.8 Å². The lowest BCUT2D eigenvalue weighted by Crippen LogP contribution is -2.09. The predicted molar refractivity (Wildman–Crippen MR) is 121 cm³/mol. The second-order valence-corrected chi connectivity index (χ2v) is 7.96. The molecule has 0 unspecified atom stereocenters. The quantitative estimate of drug-likeness (QED) is 0.232. The summed E-state index contributed by atoms with van der Waals surface area (Å²) in [4.78, 5) is 13.4. The number of rotatable bonds is 4. The van der Waals surface area contributed by atoms with Gasteiger partial charge in [-0.1, -0.05) is 40.2 Å². The Bertz CT molecular complexity index is 1330. The van der Waals surface area contributed by atoms with Crippen molar-refractivity contribution in [2.45, 2.75) is 26.2 Å². The minimum absolute atomic E-state index is 0.0563. The number of fused-ring (bicyclic) bond motifs is 2. The Kier molecular flexibility index (Phi) is 5.12. The molecule has 0 aliphatic heterocycles. The third kappa shape index (κ3) is 3.30. The molecule has 144 valence electrons. The molecule has 0 aliphatic carbocycles. The number of hydrogen-bond acceptors (Lipinski definition) is 4. The summed E-state index contributed by atoms with van der Waals surface area (Å²) >= 11 is 3.46. The first-order valence-electron chi connectivity index (χ1n) is 9.42. The molecule has 0 fully saturated rings. The van der Waals surface area contributed by atoms with Gasteiger partial charge >= 0.3 is 0 Å². The van der Waals surface area contributed by atoms with E-state index in [1.54, 1.807) is 12.1 Å². The fourth-order valence-corrected chi connectivity index (χ4v) is 4.14. The van der Waals surface area contributed by atoms with Crippen molar-refractivity contribution < 1.29 is 4.42 Å². The van der Waals surface area contributed by atoms with Gasteiger partial charge in [0.15, 0.2) is 0 Å². The lowest BCUT2D eigenvalue weighted by atomic mass is 9.90. The molecule has 29 heavy (non-hydrogen) atoms. The van der Waals surface area contributed by atoms with Crippen molar-refractivity contribution in [3.05, 3.63) is 74.4 Å². The molecule has 3 aromatic carbocycles. The summed E-state index contributed by atoms with van der Waals surface area (Å²) in [5.41, 5.74) is 11.7. The number of para-hydroxylation sites is 1. The van der Waals surface area contributed by atoms with E-state index in [0.29, 0.717) is 46.9 Å². The molecule has 4 rings (SSSR count). The summed E-state index contributed by atoms with van der Waals surface area (Å²) < 4.78 is 7.16. The van der Waals surface area contributed by atoms with E-state index < -0.39 is 0 Å². The maximum absolute atomic E-state index is 13.4. The maximum atomic E-state index is 13.4. The summed E-state index contributed by atoms with van der Waals surface area (Å²) in [5.74, 6) is 0. The van der Waals surface area contributed by atoms with E-state index in [-0.39, 0.29) is 5.43 Å². The van der Waals surface area contributed by atoms with Crippen molar-refractivity contribution in [1.82, 2.24) is 0 Å². The van der Waals surface area contributed by atoms with Crippen LogP contribution < -0.4 is 11.2 Å². The normalized spacial score (nSPS) is 11.1. The SMILES string of the molecule is Cc1c(-c2ccc(Br)cc2)c(N)c(CCCC#N)c2oc3ccccc3c(=O)c12. The molecule has 0 spiro atoms. The molecule has 5 heteroatoms. The van der Waals surface area contributed by atoms with Crippen molar-refractivity contribution in [2.24, 2.45) is 0 Å². The number of benzene rings is 3. The molecular weight excluding hydrogens is 428 g/mol. The first-order chi connectivity index (χ1) is 14.0. The lowest BCUT2D eigenvalue weighted by molar-refractivity contribution is 0.651. The maximum Gasteiger partial charge on any atom is 0.200 e. The van der Waals surface area contributed by atoms with Crippen LogP contribution in [-0.2, 0) is 6.42 Å². The predicted octanol–water partition coefficient (Wildman–Crippen LogP) is 6.11. The summed E-state index contributed by atoms with van der Waals surface area (Å²) in [6.07, 6.45) is 1.64. The average molecular weight is 447 g/mol. The van der Waals surface area contributed by atoms with Crippen molar-refractivity contribution in [3.63, 3.8) is 0 Å². The number of halogens is 1. The number of nitrogens with two attached hydrogens (primary N) is 1. The molecule has 4 aromatic rings. The van der Waals surface area contributed by atoms with Crippen LogP contribution in [0.2, 0.25) is 0 Å². The molecule has 0 amide bonds. The highest BCUT2D eigenvalue weighted by atomic mass is 79.9. The minimum Gasteiger partial charge on any atom is -0.455 e. The molecule has 0 saturated carbocycles. The Morgan fingerprint density at radius 2 is 1.86 bits per heavy atom. The third-order valence-corrected chi connectivity index (χ3v) is 5.79. The highest BCUT2D eigenvalue weighted by Gasteiger charge is 2.21. The van der Waals surface area contributed by atoms with Crippen molar-refractivity contribution in [3.8, 4) is 17.2 Å². The molecule has 1 heterocycles. The Morgan fingerprint density at radius 3 is 2.59 bits per heavy atom. The zero-order valence-corrected chi connectivity index (χ0v) is 17.5. The van der Waals surface area contributed by atoms with Crippen LogP contribution in [0.25, 0.3) is 33.1 Å². The van der Waals surface area contributed by atoms with Crippen LogP contribution in [0.15, 0.2) is 62.2 Å². The minimum atomic E-state index is -0.0563. The van der Waals surface area contributed by atoms with E-state index in [9.17, 15) is 4.79 Å². The smallest absolute Gasteiger partial charge is 0.200 e. The van der Waals surface area contributed by atoms with Gasteiger partial charge in [-0.2, -0.15) is 5.26 Å². The molecule has 0 aliphatic rings. The number of anilines is 1. The van der Waals surface area contributed by atoms with E-state index in [4.69, 9.17) is 15.4 Å². The van der Waals surface area contributed by atoms with Gasteiger partial charge in [-0.25, -0.2) is 0 Å². The Hall–Kier alpha value is -3.10. The number of unbranched alkanes of at least 4 members (excludes halogenated alkanes) is 1. The highest BCUT2D eigenvalue weighted by molar-refractivity contribution is 9.10. The van der Waals surface area contributed by atoms with Crippen LogP contribution in [0.1, 0.15) is 24.0 Å². The number of hydrogen-bond donors (Lipinski definition) is 1.